The maximum absolute atomic E-state index is 13.7. The van der Waals surface area contributed by atoms with Crippen molar-refractivity contribution in [3.63, 3.8) is 0 Å². The van der Waals surface area contributed by atoms with Crippen molar-refractivity contribution in [3.8, 4) is 0 Å². The number of halogens is 2. The summed E-state index contributed by atoms with van der Waals surface area (Å²) in [5.41, 5.74) is 3.98. The third-order valence-corrected chi connectivity index (χ3v) is 5.40. The highest BCUT2D eigenvalue weighted by Crippen LogP contribution is 2.25. The molecule has 2 aromatic rings. The first-order valence-corrected chi connectivity index (χ1v) is 9.82. The van der Waals surface area contributed by atoms with Crippen LogP contribution in [0, 0.1) is 19.7 Å². The van der Waals surface area contributed by atoms with E-state index in [1.165, 1.54) is 29.0 Å². The van der Waals surface area contributed by atoms with Crippen molar-refractivity contribution in [2.45, 2.75) is 39.0 Å². The normalized spacial score (nSPS) is 12.0. The summed E-state index contributed by atoms with van der Waals surface area (Å²) in [6, 6.07) is 10.9. The number of benzene rings is 2. The van der Waals surface area contributed by atoms with Crippen LogP contribution in [-0.4, -0.2) is 11.7 Å². The molecule has 2 nitrogen and oxygen atoms in total. The van der Waals surface area contributed by atoms with Crippen LogP contribution in [-0.2, 0) is 10.5 Å². The zero-order chi connectivity index (χ0) is 18.4. The molecule has 0 aromatic heterocycles. The van der Waals surface area contributed by atoms with Crippen molar-refractivity contribution in [3.05, 3.63) is 69.5 Å². The number of thioether (sulfide) groups is 1. The SMILES string of the molecule is CCC(NC(=O)CSCc1c(F)cccc1Cl)c1ccc(C)cc1C. The summed E-state index contributed by atoms with van der Waals surface area (Å²) >= 11 is 7.37. The Hall–Kier alpha value is -1.52. The summed E-state index contributed by atoms with van der Waals surface area (Å²) in [5.74, 6) is 0.261. The highest BCUT2D eigenvalue weighted by molar-refractivity contribution is 7.99. The molecule has 0 heterocycles. The lowest BCUT2D eigenvalue weighted by molar-refractivity contribution is -0.119. The van der Waals surface area contributed by atoms with E-state index in [4.69, 9.17) is 11.6 Å². The van der Waals surface area contributed by atoms with Gasteiger partial charge in [0.2, 0.25) is 5.91 Å². The molecule has 0 fully saturated rings. The molecule has 0 spiro atoms. The molecule has 1 amide bonds. The van der Waals surface area contributed by atoms with Crippen LogP contribution in [0.1, 0.15) is 41.6 Å². The first-order valence-electron chi connectivity index (χ1n) is 8.29. The zero-order valence-corrected chi connectivity index (χ0v) is 16.3. The van der Waals surface area contributed by atoms with Crippen LogP contribution in [0.3, 0.4) is 0 Å². The molecule has 0 aliphatic rings. The largest absolute Gasteiger partial charge is 0.349 e. The predicted octanol–water partition coefficient (Wildman–Crippen LogP) is 5.60. The molecule has 25 heavy (non-hydrogen) atoms. The number of nitrogens with one attached hydrogen (secondary N) is 1. The molecular weight excluding hydrogens is 357 g/mol. The molecular formula is C20H23ClFNOS. The van der Waals surface area contributed by atoms with Gasteiger partial charge in [0.05, 0.1) is 11.8 Å². The fraction of sp³-hybridized carbons (Fsp3) is 0.350. The topological polar surface area (TPSA) is 29.1 Å². The third-order valence-electron chi connectivity index (χ3n) is 4.09. The van der Waals surface area contributed by atoms with Gasteiger partial charge >= 0.3 is 0 Å². The predicted molar refractivity (Wildman–Crippen MR) is 105 cm³/mol. The summed E-state index contributed by atoms with van der Waals surface area (Å²) in [6.07, 6.45) is 0.819. The lowest BCUT2D eigenvalue weighted by Gasteiger charge is -2.20. The molecule has 0 aliphatic carbocycles. The highest BCUT2D eigenvalue weighted by atomic mass is 35.5. The second kappa shape index (κ2) is 9.25. The number of carbonyl (C=O) groups is 1. The van der Waals surface area contributed by atoms with Crippen LogP contribution >= 0.6 is 23.4 Å². The Morgan fingerprint density at radius 1 is 1.28 bits per heavy atom. The van der Waals surface area contributed by atoms with E-state index in [0.717, 1.165) is 12.0 Å². The number of carbonyl (C=O) groups excluding carboxylic acids is 1. The fourth-order valence-electron chi connectivity index (χ4n) is 2.77. The molecule has 134 valence electrons. The summed E-state index contributed by atoms with van der Waals surface area (Å²) in [5, 5.41) is 3.47. The third kappa shape index (κ3) is 5.48. The van der Waals surface area contributed by atoms with Crippen LogP contribution in [0.2, 0.25) is 5.02 Å². The van der Waals surface area contributed by atoms with E-state index in [2.05, 4.69) is 44.3 Å². The van der Waals surface area contributed by atoms with Crippen molar-refractivity contribution in [2.24, 2.45) is 0 Å². The van der Waals surface area contributed by atoms with Crippen LogP contribution in [0.4, 0.5) is 4.39 Å². The van der Waals surface area contributed by atoms with Crippen LogP contribution in [0.15, 0.2) is 36.4 Å². The van der Waals surface area contributed by atoms with Crippen molar-refractivity contribution in [2.75, 3.05) is 5.75 Å². The molecule has 0 saturated carbocycles. The zero-order valence-electron chi connectivity index (χ0n) is 14.7. The number of amides is 1. The van der Waals surface area contributed by atoms with Crippen LogP contribution in [0.5, 0.6) is 0 Å². The van der Waals surface area contributed by atoms with Gasteiger partial charge in [0.1, 0.15) is 5.82 Å². The Labute approximate surface area is 158 Å². The molecule has 5 heteroatoms. The molecule has 0 saturated heterocycles. The second-order valence-corrected chi connectivity index (χ2v) is 7.47. The van der Waals surface area contributed by atoms with Gasteiger partial charge in [-0.15, -0.1) is 11.8 Å². The molecule has 0 bridgehead atoms. The van der Waals surface area contributed by atoms with E-state index in [-0.39, 0.29) is 23.5 Å². The number of hydrogen-bond donors (Lipinski definition) is 1. The van der Waals surface area contributed by atoms with Crippen LogP contribution < -0.4 is 5.32 Å². The second-order valence-electron chi connectivity index (χ2n) is 6.08. The minimum atomic E-state index is -0.331. The van der Waals surface area contributed by atoms with E-state index in [1.54, 1.807) is 12.1 Å². The molecule has 2 rings (SSSR count). The molecule has 1 N–H and O–H groups in total. The van der Waals surface area contributed by atoms with Gasteiger partial charge in [-0.25, -0.2) is 4.39 Å². The monoisotopic (exact) mass is 379 g/mol. The molecule has 2 aromatic carbocycles. The smallest absolute Gasteiger partial charge is 0.230 e. The van der Waals surface area contributed by atoms with E-state index in [9.17, 15) is 9.18 Å². The maximum atomic E-state index is 13.7. The summed E-state index contributed by atoms with van der Waals surface area (Å²) in [6.45, 7) is 6.17. The number of rotatable bonds is 7. The highest BCUT2D eigenvalue weighted by Gasteiger charge is 2.15. The summed E-state index contributed by atoms with van der Waals surface area (Å²) in [4.78, 5) is 12.3. The lowest BCUT2D eigenvalue weighted by Crippen LogP contribution is -2.30. The van der Waals surface area contributed by atoms with Crippen molar-refractivity contribution >= 4 is 29.3 Å². The van der Waals surface area contributed by atoms with Gasteiger partial charge < -0.3 is 5.32 Å². The molecule has 0 radical (unpaired) electrons. The molecule has 1 atom stereocenters. The Kier molecular flexibility index (Phi) is 7.33. The van der Waals surface area contributed by atoms with Gasteiger partial charge in [0.25, 0.3) is 0 Å². The number of aryl methyl sites for hydroxylation is 2. The van der Waals surface area contributed by atoms with E-state index >= 15 is 0 Å². The summed E-state index contributed by atoms with van der Waals surface area (Å²) in [7, 11) is 0. The first-order chi connectivity index (χ1) is 11.9. The summed E-state index contributed by atoms with van der Waals surface area (Å²) < 4.78 is 13.7. The Morgan fingerprint density at radius 2 is 2.04 bits per heavy atom. The van der Waals surface area contributed by atoms with Crippen molar-refractivity contribution in [1.29, 1.82) is 0 Å². The standard InChI is InChI=1S/C20H23ClFNOS/c1-4-19(15-9-8-13(2)10-14(15)3)23-20(24)12-25-11-16-17(21)6-5-7-18(16)22/h5-10,19H,4,11-12H2,1-3H3,(H,23,24). The van der Waals surface area contributed by atoms with E-state index in [1.807, 2.05) is 0 Å². The van der Waals surface area contributed by atoms with Gasteiger partial charge in [-0.3, -0.25) is 4.79 Å². The Balaban J connectivity index is 1.92. The molecule has 0 aliphatic heterocycles. The van der Waals surface area contributed by atoms with Crippen LogP contribution in [0.25, 0.3) is 0 Å². The van der Waals surface area contributed by atoms with E-state index < -0.39 is 0 Å². The number of hydrogen-bond acceptors (Lipinski definition) is 2. The Morgan fingerprint density at radius 3 is 2.68 bits per heavy atom. The average Bonchev–Trinajstić information content (AvgIpc) is 2.56. The Bertz CT molecular complexity index is 730. The first kappa shape index (κ1) is 19.8. The van der Waals surface area contributed by atoms with Gasteiger partial charge in [-0.05, 0) is 43.5 Å². The van der Waals surface area contributed by atoms with Crippen molar-refractivity contribution < 1.29 is 9.18 Å². The minimum Gasteiger partial charge on any atom is -0.349 e. The van der Waals surface area contributed by atoms with Crippen molar-refractivity contribution in [1.82, 2.24) is 5.32 Å². The fourth-order valence-corrected chi connectivity index (χ4v) is 3.95. The molecule has 1 unspecified atom stereocenters. The maximum Gasteiger partial charge on any atom is 0.230 e. The van der Waals surface area contributed by atoms with Gasteiger partial charge in [0.15, 0.2) is 0 Å². The van der Waals surface area contributed by atoms with E-state index in [0.29, 0.717) is 16.3 Å². The van der Waals surface area contributed by atoms with Gasteiger partial charge in [-0.2, -0.15) is 0 Å². The van der Waals surface area contributed by atoms with Gasteiger partial charge in [0, 0.05) is 16.3 Å². The lowest BCUT2D eigenvalue weighted by atomic mass is 9.97. The minimum absolute atomic E-state index is 0.00857. The quantitative estimate of drug-likeness (QED) is 0.678. The van der Waals surface area contributed by atoms with Gasteiger partial charge in [-0.1, -0.05) is 48.4 Å². The average molecular weight is 380 g/mol.